The smallest absolute Gasteiger partial charge is 0.244 e. The standard InChI is InChI=1S/C23H17BrN2O2/c24-19-10-8-17(9-11-19)22-13-12-20(28-22)15-25-26-23(27)14-18-6-3-5-16-4-1-2-7-21(16)18/h1-13,15H,14H2,(H,26,27). The van der Waals surface area contributed by atoms with Crippen LogP contribution in [0.15, 0.2) is 92.9 Å². The minimum atomic E-state index is -0.174. The number of carbonyl (C=O) groups excluding carboxylic acids is 1. The van der Waals surface area contributed by atoms with Crippen LogP contribution in [0.3, 0.4) is 0 Å². The molecule has 0 aliphatic heterocycles. The summed E-state index contributed by atoms with van der Waals surface area (Å²) in [6.07, 6.45) is 1.77. The highest BCUT2D eigenvalue weighted by molar-refractivity contribution is 9.10. The van der Waals surface area contributed by atoms with Gasteiger partial charge in [0.1, 0.15) is 11.5 Å². The van der Waals surface area contributed by atoms with Gasteiger partial charge in [-0.1, -0.05) is 70.5 Å². The first-order valence-corrected chi connectivity index (χ1v) is 9.63. The SMILES string of the molecule is O=C(Cc1cccc2ccccc12)NN=Cc1ccc(-c2ccc(Br)cc2)o1. The van der Waals surface area contributed by atoms with Crippen molar-refractivity contribution in [2.24, 2.45) is 5.10 Å². The molecule has 0 bridgehead atoms. The van der Waals surface area contributed by atoms with E-state index < -0.39 is 0 Å². The second-order valence-corrected chi connectivity index (χ2v) is 7.23. The average Bonchev–Trinajstić information content (AvgIpc) is 3.18. The number of amides is 1. The van der Waals surface area contributed by atoms with Crippen LogP contribution in [0.4, 0.5) is 0 Å². The van der Waals surface area contributed by atoms with E-state index in [9.17, 15) is 4.79 Å². The van der Waals surface area contributed by atoms with Gasteiger partial charge in [0, 0.05) is 10.0 Å². The van der Waals surface area contributed by atoms with Crippen LogP contribution in [-0.2, 0) is 11.2 Å². The molecule has 5 heteroatoms. The summed E-state index contributed by atoms with van der Waals surface area (Å²) in [5.41, 5.74) is 4.51. The molecule has 1 aromatic heterocycles. The molecule has 0 saturated heterocycles. The lowest BCUT2D eigenvalue weighted by Crippen LogP contribution is -2.19. The number of halogens is 1. The molecule has 0 saturated carbocycles. The highest BCUT2D eigenvalue weighted by atomic mass is 79.9. The van der Waals surface area contributed by atoms with Gasteiger partial charge in [-0.05, 0) is 40.6 Å². The van der Waals surface area contributed by atoms with Gasteiger partial charge >= 0.3 is 0 Å². The Morgan fingerprint density at radius 3 is 2.61 bits per heavy atom. The monoisotopic (exact) mass is 432 g/mol. The van der Waals surface area contributed by atoms with Crippen LogP contribution in [-0.4, -0.2) is 12.1 Å². The third-order valence-electron chi connectivity index (χ3n) is 4.37. The van der Waals surface area contributed by atoms with Crippen molar-refractivity contribution < 1.29 is 9.21 Å². The molecule has 3 aromatic carbocycles. The molecule has 0 radical (unpaired) electrons. The molecule has 0 fully saturated rings. The summed E-state index contributed by atoms with van der Waals surface area (Å²) < 4.78 is 6.76. The maximum absolute atomic E-state index is 12.2. The molecule has 4 rings (SSSR count). The van der Waals surface area contributed by atoms with Gasteiger partial charge in [-0.15, -0.1) is 0 Å². The first-order chi connectivity index (χ1) is 13.7. The lowest BCUT2D eigenvalue weighted by molar-refractivity contribution is -0.120. The second-order valence-electron chi connectivity index (χ2n) is 6.32. The minimum absolute atomic E-state index is 0.174. The number of nitrogens with zero attached hydrogens (tertiary/aromatic N) is 1. The number of nitrogens with one attached hydrogen (secondary N) is 1. The van der Waals surface area contributed by atoms with E-state index in [0.29, 0.717) is 5.76 Å². The van der Waals surface area contributed by atoms with Crippen LogP contribution in [0.25, 0.3) is 22.1 Å². The molecular weight excluding hydrogens is 416 g/mol. The summed E-state index contributed by atoms with van der Waals surface area (Å²) in [5, 5.41) is 6.21. The van der Waals surface area contributed by atoms with E-state index >= 15 is 0 Å². The van der Waals surface area contributed by atoms with Crippen molar-refractivity contribution in [1.29, 1.82) is 0 Å². The fraction of sp³-hybridized carbons (Fsp3) is 0.0435. The van der Waals surface area contributed by atoms with E-state index in [-0.39, 0.29) is 12.3 Å². The molecule has 0 aliphatic rings. The van der Waals surface area contributed by atoms with Gasteiger partial charge in [0.2, 0.25) is 5.91 Å². The normalized spacial score (nSPS) is 11.2. The number of furan rings is 1. The zero-order chi connectivity index (χ0) is 19.3. The highest BCUT2D eigenvalue weighted by Gasteiger charge is 2.07. The second kappa shape index (κ2) is 8.23. The van der Waals surface area contributed by atoms with Crippen molar-refractivity contribution in [3.05, 3.63) is 94.7 Å². The Morgan fingerprint density at radius 2 is 1.75 bits per heavy atom. The van der Waals surface area contributed by atoms with E-state index in [1.807, 2.05) is 78.9 Å². The van der Waals surface area contributed by atoms with Crippen molar-refractivity contribution in [1.82, 2.24) is 5.43 Å². The van der Waals surface area contributed by atoms with Crippen molar-refractivity contribution in [2.75, 3.05) is 0 Å². The first-order valence-electron chi connectivity index (χ1n) is 8.83. The topological polar surface area (TPSA) is 54.6 Å². The molecular formula is C23H17BrN2O2. The van der Waals surface area contributed by atoms with Gasteiger partial charge in [0.15, 0.2) is 0 Å². The van der Waals surface area contributed by atoms with Crippen LogP contribution in [0.2, 0.25) is 0 Å². The summed E-state index contributed by atoms with van der Waals surface area (Å²) in [7, 11) is 0. The quantitative estimate of drug-likeness (QED) is 0.331. The lowest BCUT2D eigenvalue weighted by Gasteiger charge is -2.05. The summed E-state index contributed by atoms with van der Waals surface area (Å²) >= 11 is 3.42. The Balaban J connectivity index is 1.39. The summed E-state index contributed by atoms with van der Waals surface area (Å²) in [5.74, 6) is 1.15. The summed E-state index contributed by atoms with van der Waals surface area (Å²) in [4.78, 5) is 12.2. The minimum Gasteiger partial charge on any atom is -0.455 e. The first kappa shape index (κ1) is 18.2. The predicted molar refractivity (Wildman–Crippen MR) is 115 cm³/mol. The number of rotatable bonds is 5. The van der Waals surface area contributed by atoms with Crippen molar-refractivity contribution >= 4 is 38.8 Å². The summed E-state index contributed by atoms with van der Waals surface area (Å²) in [6.45, 7) is 0. The van der Waals surface area contributed by atoms with E-state index in [1.165, 1.54) is 6.21 Å². The van der Waals surface area contributed by atoms with Crippen molar-refractivity contribution in [2.45, 2.75) is 6.42 Å². The molecule has 1 heterocycles. The van der Waals surface area contributed by atoms with E-state index in [2.05, 4.69) is 26.5 Å². The predicted octanol–water partition coefficient (Wildman–Crippen LogP) is 5.56. The van der Waals surface area contributed by atoms with Gasteiger partial charge in [-0.3, -0.25) is 4.79 Å². The van der Waals surface area contributed by atoms with Crippen LogP contribution in [0.5, 0.6) is 0 Å². The number of hydrogen-bond acceptors (Lipinski definition) is 3. The Kier molecular flexibility index (Phi) is 5.35. The Morgan fingerprint density at radius 1 is 0.964 bits per heavy atom. The molecule has 0 aliphatic carbocycles. The van der Waals surface area contributed by atoms with Crippen LogP contribution >= 0.6 is 15.9 Å². The number of hydrogen-bond donors (Lipinski definition) is 1. The van der Waals surface area contributed by atoms with Crippen LogP contribution in [0, 0.1) is 0 Å². The van der Waals surface area contributed by atoms with Crippen LogP contribution < -0.4 is 5.43 Å². The van der Waals surface area contributed by atoms with Gasteiger partial charge in [-0.2, -0.15) is 5.10 Å². The van der Waals surface area contributed by atoms with Gasteiger partial charge in [-0.25, -0.2) is 5.43 Å². The lowest BCUT2D eigenvalue weighted by atomic mass is 10.0. The number of benzene rings is 3. The van der Waals surface area contributed by atoms with Crippen LogP contribution in [0.1, 0.15) is 11.3 Å². The average molecular weight is 433 g/mol. The molecule has 4 aromatic rings. The third-order valence-corrected chi connectivity index (χ3v) is 4.90. The fourth-order valence-electron chi connectivity index (χ4n) is 3.02. The molecule has 1 N–H and O–H groups in total. The maximum Gasteiger partial charge on any atom is 0.244 e. The highest BCUT2D eigenvalue weighted by Crippen LogP contribution is 2.23. The van der Waals surface area contributed by atoms with Gasteiger partial charge in [0.25, 0.3) is 0 Å². The van der Waals surface area contributed by atoms with E-state index in [1.54, 1.807) is 0 Å². The largest absolute Gasteiger partial charge is 0.455 e. The number of hydrazone groups is 1. The summed E-state index contributed by atoms with van der Waals surface area (Å²) in [6, 6.07) is 25.5. The zero-order valence-corrected chi connectivity index (χ0v) is 16.5. The van der Waals surface area contributed by atoms with E-state index in [0.717, 1.165) is 32.1 Å². The number of fused-ring (bicyclic) bond motifs is 1. The molecule has 0 atom stereocenters. The molecule has 1 amide bonds. The third kappa shape index (κ3) is 4.21. The number of carbonyl (C=O) groups is 1. The molecule has 4 nitrogen and oxygen atoms in total. The molecule has 28 heavy (non-hydrogen) atoms. The molecule has 0 spiro atoms. The van der Waals surface area contributed by atoms with Crippen molar-refractivity contribution in [3.63, 3.8) is 0 Å². The molecule has 138 valence electrons. The van der Waals surface area contributed by atoms with Gasteiger partial charge in [0.05, 0.1) is 12.6 Å². The Hall–Kier alpha value is -3.18. The Labute approximate surface area is 171 Å². The zero-order valence-electron chi connectivity index (χ0n) is 14.9. The van der Waals surface area contributed by atoms with Gasteiger partial charge < -0.3 is 4.42 Å². The fourth-order valence-corrected chi connectivity index (χ4v) is 3.28. The molecule has 0 unspecified atom stereocenters. The van der Waals surface area contributed by atoms with Crippen molar-refractivity contribution in [3.8, 4) is 11.3 Å². The Bertz CT molecular complexity index is 1140. The maximum atomic E-state index is 12.2. The van der Waals surface area contributed by atoms with E-state index in [4.69, 9.17) is 4.42 Å².